The van der Waals surface area contributed by atoms with E-state index >= 15 is 0 Å². The molecular weight excluding hydrogens is 132 g/mol. The van der Waals surface area contributed by atoms with E-state index in [9.17, 15) is 13.2 Å². The second-order valence-electron chi connectivity index (χ2n) is 1.28. The Balaban J connectivity index is 2.86. The number of amides is 1. The molecule has 0 bridgehead atoms. The monoisotopic (exact) mass is 135 g/mol. The van der Waals surface area contributed by atoms with E-state index in [1.165, 1.54) is 0 Å². The molecule has 1 amide bonds. The minimum atomic E-state index is -3.57. The number of hydrogen-bond acceptors (Lipinski definition) is 3. The van der Waals surface area contributed by atoms with Crippen LogP contribution in [-0.4, -0.2) is 20.9 Å². The lowest BCUT2D eigenvalue weighted by atomic mass is 10.7. The number of nitrogens with zero attached hydrogens (tertiary/aromatic N) is 1. The molecule has 0 atom stereocenters. The second kappa shape index (κ2) is 1.43. The molecule has 6 heteroatoms. The van der Waals surface area contributed by atoms with Gasteiger partial charge in [-0.15, -0.1) is 4.72 Å². The first kappa shape index (κ1) is 5.52. The molecule has 1 N–H and O–H groups in total. The van der Waals surface area contributed by atoms with Crippen LogP contribution < -0.4 is 9.44 Å². The van der Waals surface area contributed by atoms with Gasteiger partial charge in [-0.05, 0) is 0 Å². The first-order valence-corrected chi connectivity index (χ1v) is 3.29. The molecule has 1 fully saturated rings. The van der Waals surface area contributed by atoms with Crippen LogP contribution in [0.1, 0.15) is 0 Å². The third kappa shape index (κ3) is 0.958. The summed E-state index contributed by atoms with van der Waals surface area (Å²) >= 11 is 0. The van der Waals surface area contributed by atoms with Crippen LogP contribution in [0.4, 0.5) is 0 Å². The lowest BCUT2D eigenvalue weighted by Gasteiger charge is -1.81. The van der Waals surface area contributed by atoms with Gasteiger partial charge in [-0.2, -0.15) is 13.1 Å². The molecule has 1 saturated heterocycles. The topological polar surface area (TPSA) is 77.3 Å². The van der Waals surface area contributed by atoms with E-state index in [0.29, 0.717) is 0 Å². The van der Waals surface area contributed by atoms with Crippen LogP contribution in [0.25, 0.3) is 0 Å². The molecular formula is C2H3N2O3S. The highest BCUT2D eigenvalue weighted by molar-refractivity contribution is 7.88. The molecule has 1 aliphatic rings. The maximum absolute atomic E-state index is 10.1. The molecule has 5 nitrogen and oxygen atoms in total. The van der Waals surface area contributed by atoms with Gasteiger partial charge in [0.25, 0.3) is 5.91 Å². The summed E-state index contributed by atoms with van der Waals surface area (Å²) in [4.78, 5) is 10.1. The molecule has 8 heavy (non-hydrogen) atoms. The van der Waals surface area contributed by atoms with Gasteiger partial charge in [0.15, 0.2) is 0 Å². The first-order valence-electron chi connectivity index (χ1n) is 1.85. The van der Waals surface area contributed by atoms with Crippen molar-refractivity contribution in [3.63, 3.8) is 0 Å². The fourth-order valence-electron chi connectivity index (χ4n) is 0.352. The summed E-state index contributed by atoms with van der Waals surface area (Å²) < 4.78 is 24.9. The van der Waals surface area contributed by atoms with Gasteiger partial charge in [0.05, 0.1) is 6.54 Å². The van der Waals surface area contributed by atoms with Crippen molar-refractivity contribution in [2.75, 3.05) is 6.54 Å². The molecule has 0 unspecified atom stereocenters. The molecule has 0 saturated carbocycles. The largest absolute Gasteiger partial charge is 0.323 e. The van der Waals surface area contributed by atoms with Gasteiger partial charge in [0, 0.05) is 0 Å². The molecule has 0 aromatic carbocycles. The van der Waals surface area contributed by atoms with Gasteiger partial charge in [-0.3, -0.25) is 4.79 Å². The average molecular weight is 135 g/mol. The SMILES string of the molecule is O=C1CNS(=O)(=O)[N]1. The summed E-state index contributed by atoms with van der Waals surface area (Å²) in [6.45, 7) is -0.192. The maximum Gasteiger partial charge on any atom is 0.323 e. The minimum Gasteiger partial charge on any atom is -0.270 e. The van der Waals surface area contributed by atoms with E-state index in [1.807, 2.05) is 4.72 Å². The molecule has 1 heterocycles. The van der Waals surface area contributed by atoms with E-state index in [1.54, 1.807) is 0 Å². The normalized spacial score (nSPS) is 25.2. The summed E-state index contributed by atoms with van der Waals surface area (Å²) in [5.74, 6) is -0.634. The Morgan fingerprint density at radius 2 is 2.25 bits per heavy atom. The Morgan fingerprint density at radius 1 is 1.62 bits per heavy atom. The third-order valence-corrected chi connectivity index (χ3v) is 1.58. The fourth-order valence-corrected chi connectivity index (χ4v) is 1.05. The van der Waals surface area contributed by atoms with Gasteiger partial charge in [-0.25, -0.2) is 0 Å². The minimum absolute atomic E-state index is 0.192. The Bertz CT molecular complexity index is 205. The lowest BCUT2D eigenvalue weighted by molar-refractivity contribution is -0.117. The van der Waals surface area contributed by atoms with Crippen molar-refractivity contribution < 1.29 is 13.2 Å². The van der Waals surface area contributed by atoms with Crippen LogP contribution in [0, 0.1) is 0 Å². The van der Waals surface area contributed by atoms with Crippen LogP contribution in [-0.2, 0) is 15.0 Å². The zero-order valence-electron chi connectivity index (χ0n) is 3.79. The quantitative estimate of drug-likeness (QED) is 0.416. The summed E-state index contributed by atoms with van der Waals surface area (Å²) in [6, 6.07) is 0. The average Bonchev–Trinajstić information content (AvgIpc) is 1.82. The number of carbonyl (C=O) groups excluding carboxylic acids is 1. The van der Waals surface area contributed by atoms with Crippen LogP contribution in [0.15, 0.2) is 0 Å². The van der Waals surface area contributed by atoms with Crippen molar-refractivity contribution in [1.82, 2.24) is 9.44 Å². The van der Waals surface area contributed by atoms with Crippen LogP contribution in [0.3, 0.4) is 0 Å². The van der Waals surface area contributed by atoms with Gasteiger partial charge < -0.3 is 0 Å². The standard InChI is InChI=1S/C2H3N2O3S/c5-2-1-3-8(6,7)4-2/h3H,1H2. The predicted molar refractivity (Wildman–Crippen MR) is 24.1 cm³/mol. The Hall–Kier alpha value is -0.620. The molecule has 0 aromatic heterocycles. The second-order valence-corrected chi connectivity index (χ2v) is 2.70. The maximum atomic E-state index is 10.1. The molecule has 1 radical (unpaired) electrons. The number of rotatable bonds is 0. The van der Waals surface area contributed by atoms with E-state index in [2.05, 4.69) is 4.72 Å². The Labute approximate surface area is 46.3 Å². The summed E-state index contributed by atoms with van der Waals surface area (Å²) in [5.41, 5.74) is 0. The van der Waals surface area contributed by atoms with Gasteiger partial charge in [0.2, 0.25) is 0 Å². The highest BCUT2D eigenvalue weighted by atomic mass is 32.2. The van der Waals surface area contributed by atoms with Gasteiger partial charge >= 0.3 is 10.2 Å². The van der Waals surface area contributed by atoms with Gasteiger partial charge in [-0.1, -0.05) is 0 Å². The van der Waals surface area contributed by atoms with Crippen molar-refractivity contribution in [1.29, 1.82) is 0 Å². The first-order chi connectivity index (χ1) is 3.60. The molecule has 45 valence electrons. The zero-order chi connectivity index (χ0) is 6.20. The predicted octanol–water partition coefficient (Wildman–Crippen LogP) is -2.03. The highest BCUT2D eigenvalue weighted by Gasteiger charge is 2.24. The Kier molecular flexibility index (Phi) is 0.983. The molecule has 0 aliphatic carbocycles. The smallest absolute Gasteiger partial charge is 0.270 e. The number of carbonyl (C=O) groups is 1. The molecule has 0 aromatic rings. The van der Waals surface area contributed by atoms with E-state index in [0.717, 1.165) is 0 Å². The third-order valence-electron chi connectivity index (χ3n) is 0.628. The van der Waals surface area contributed by atoms with Crippen molar-refractivity contribution in [2.45, 2.75) is 0 Å². The number of nitrogens with one attached hydrogen (secondary N) is 1. The van der Waals surface area contributed by atoms with Crippen molar-refractivity contribution in [3.05, 3.63) is 0 Å². The summed E-state index contributed by atoms with van der Waals surface area (Å²) in [7, 11) is -3.57. The molecule has 1 rings (SSSR count). The Morgan fingerprint density at radius 3 is 2.38 bits per heavy atom. The lowest BCUT2D eigenvalue weighted by Crippen LogP contribution is -2.18. The van der Waals surface area contributed by atoms with Gasteiger partial charge in [0.1, 0.15) is 0 Å². The van der Waals surface area contributed by atoms with E-state index < -0.39 is 16.1 Å². The fraction of sp³-hybridized carbons (Fsp3) is 0.500. The van der Waals surface area contributed by atoms with E-state index in [4.69, 9.17) is 0 Å². The zero-order valence-corrected chi connectivity index (χ0v) is 4.60. The van der Waals surface area contributed by atoms with Crippen molar-refractivity contribution in [2.24, 2.45) is 0 Å². The van der Waals surface area contributed by atoms with Crippen LogP contribution in [0.5, 0.6) is 0 Å². The summed E-state index contributed by atoms with van der Waals surface area (Å²) in [6.07, 6.45) is 0. The van der Waals surface area contributed by atoms with Crippen molar-refractivity contribution in [3.8, 4) is 0 Å². The summed E-state index contributed by atoms with van der Waals surface area (Å²) in [5, 5.41) is 0. The van der Waals surface area contributed by atoms with Crippen molar-refractivity contribution >= 4 is 16.1 Å². The highest BCUT2D eigenvalue weighted by Crippen LogP contribution is 1.86. The van der Waals surface area contributed by atoms with E-state index in [-0.39, 0.29) is 6.54 Å². The number of hydrogen-bond donors (Lipinski definition) is 1. The van der Waals surface area contributed by atoms with Crippen LogP contribution in [0.2, 0.25) is 0 Å². The molecule has 1 aliphatic heterocycles. The molecule has 0 spiro atoms. The van der Waals surface area contributed by atoms with Crippen LogP contribution >= 0.6 is 0 Å².